The van der Waals surface area contributed by atoms with Gasteiger partial charge in [-0.3, -0.25) is 0 Å². The molecule has 3 aliphatic carbocycles. The van der Waals surface area contributed by atoms with Crippen LogP contribution in [-0.2, 0) is 10.8 Å². The number of hydrogen-bond acceptors (Lipinski definition) is 4. The van der Waals surface area contributed by atoms with Gasteiger partial charge in [-0.2, -0.15) is 10.5 Å². The highest BCUT2D eigenvalue weighted by molar-refractivity contribution is 6.12. The number of benzene rings is 8. The number of anilines is 6. The number of para-hydroxylation sites is 1. The summed E-state index contributed by atoms with van der Waals surface area (Å²) >= 11 is 0. The van der Waals surface area contributed by atoms with Crippen LogP contribution in [0.1, 0.15) is 73.9 Å². The van der Waals surface area contributed by atoms with Crippen molar-refractivity contribution in [2.45, 2.75) is 51.4 Å². The molecule has 1 aromatic heterocycles. The van der Waals surface area contributed by atoms with Crippen LogP contribution in [0.3, 0.4) is 0 Å². The molecule has 0 saturated carbocycles. The van der Waals surface area contributed by atoms with Gasteiger partial charge >= 0.3 is 0 Å². The summed E-state index contributed by atoms with van der Waals surface area (Å²) in [4.78, 5) is 4.66. The first-order valence-electron chi connectivity index (χ1n) is 23.2. The Kier molecular flexibility index (Phi) is 9.05. The lowest BCUT2D eigenvalue weighted by Gasteiger charge is -2.28. The van der Waals surface area contributed by atoms with Crippen LogP contribution in [0.15, 0.2) is 194 Å². The second-order valence-electron chi connectivity index (χ2n) is 19.1. The summed E-state index contributed by atoms with van der Waals surface area (Å²) < 4.78 is 2.37. The Morgan fingerprint density at radius 3 is 1.48 bits per heavy atom. The van der Waals surface area contributed by atoms with Crippen molar-refractivity contribution in [1.82, 2.24) is 4.57 Å². The lowest BCUT2D eigenvalue weighted by molar-refractivity contribution is 0.654. The summed E-state index contributed by atoms with van der Waals surface area (Å²) in [6, 6.07) is 67.3. The topological polar surface area (TPSA) is 59.0 Å². The Bertz CT molecular complexity index is 3650. The van der Waals surface area contributed by atoms with Gasteiger partial charge in [0.05, 0.1) is 34.3 Å². The largest absolute Gasteiger partial charge is 0.310 e. The molecule has 0 amide bonds. The first kappa shape index (κ1) is 40.2. The van der Waals surface area contributed by atoms with E-state index in [-0.39, 0.29) is 10.8 Å². The molecule has 320 valence electrons. The summed E-state index contributed by atoms with van der Waals surface area (Å²) in [5.41, 5.74) is 20.9. The van der Waals surface area contributed by atoms with Crippen LogP contribution in [0.2, 0.25) is 0 Å². The van der Waals surface area contributed by atoms with Crippen LogP contribution in [0.4, 0.5) is 34.1 Å². The van der Waals surface area contributed by atoms with E-state index < -0.39 is 0 Å². The third-order valence-corrected chi connectivity index (χ3v) is 14.6. The predicted molar refractivity (Wildman–Crippen MR) is 275 cm³/mol. The molecule has 1 heterocycles. The molecule has 67 heavy (non-hydrogen) atoms. The summed E-state index contributed by atoms with van der Waals surface area (Å²) in [6.07, 6.45) is 6.99. The van der Waals surface area contributed by atoms with E-state index in [2.05, 4.69) is 218 Å². The molecule has 0 unspecified atom stereocenters. The van der Waals surface area contributed by atoms with Crippen molar-refractivity contribution >= 4 is 61.5 Å². The average Bonchev–Trinajstić information content (AvgIpc) is 3.91. The van der Waals surface area contributed by atoms with Crippen molar-refractivity contribution < 1.29 is 0 Å². The smallest absolute Gasteiger partial charge is 0.0991 e. The van der Waals surface area contributed by atoms with Gasteiger partial charge in [0.25, 0.3) is 0 Å². The number of hydrogen-bond donors (Lipinski definition) is 0. The minimum atomic E-state index is -0.177. The molecule has 8 aromatic carbocycles. The van der Waals surface area contributed by atoms with Crippen molar-refractivity contribution in [3.63, 3.8) is 0 Å². The van der Waals surface area contributed by atoms with Crippen molar-refractivity contribution in [3.8, 4) is 29.0 Å². The zero-order valence-corrected chi connectivity index (χ0v) is 38.0. The molecule has 3 aliphatic rings. The molecule has 0 radical (unpaired) electrons. The van der Waals surface area contributed by atoms with Crippen LogP contribution in [0.5, 0.6) is 0 Å². The standard InChI is InChI=1S/C62H47N5/c1-61(2)55-16-10-8-14-49(55)51-30-26-47(36-57(51)61)65(43-22-18-40(38-63)19-23-43)45-28-32-59-53(34-45)54-35-46(29-33-60(54)67(59)42-12-6-5-7-13-42)66(44-24-20-41(39-64)21-25-44)48-27-31-52-50-15-9-11-17-56(50)62(3,4)58(52)37-48/h5-8,10,12-37H,9,11H2,1-4H3. The molecule has 0 saturated heterocycles. The van der Waals surface area contributed by atoms with E-state index in [1.165, 1.54) is 44.5 Å². The number of allylic oxidation sites excluding steroid dienone is 4. The molecule has 5 nitrogen and oxygen atoms in total. The molecular formula is C62H47N5. The van der Waals surface area contributed by atoms with Crippen LogP contribution < -0.4 is 9.80 Å². The van der Waals surface area contributed by atoms with Gasteiger partial charge in [-0.05, 0) is 179 Å². The van der Waals surface area contributed by atoms with Gasteiger partial charge in [0.15, 0.2) is 0 Å². The molecular weight excluding hydrogens is 815 g/mol. The Labute approximate surface area is 392 Å². The Hall–Kier alpha value is -8.38. The third kappa shape index (κ3) is 6.20. The Morgan fingerprint density at radius 2 is 0.896 bits per heavy atom. The average molecular weight is 862 g/mol. The summed E-state index contributed by atoms with van der Waals surface area (Å²) in [5, 5.41) is 21.9. The zero-order valence-electron chi connectivity index (χ0n) is 38.0. The molecule has 0 bridgehead atoms. The number of nitriles is 2. The maximum Gasteiger partial charge on any atom is 0.0991 e. The van der Waals surface area contributed by atoms with Crippen molar-refractivity contribution in [1.29, 1.82) is 10.5 Å². The molecule has 0 fully saturated rings. The van der Waals surface area contributed by atoms with Gasteiger partial charge < -0.3 is 14.4 Å². The second-order valence-corrected chi connectivity index (χ2v) is 19.1. The van der Waals surface area contributed by atoms with Gasteiger partial charge in [-0.25, -0.2) is 0 Å². The van der Waals surface area contributed by atoms with Gasteiger partial charge in [0, 0.05) is 61.4 Å². The molecule has 12 rings (SSSR count). The van der Waals surface area contributed by atoms with Crippen molar-refractivity contribution in [2.75, 3.05) is 9.80 Å². The molecule has 9 aromatic rings. The van der Waals surface area contributed by atoms with E-state index in [4.69, 9.17) is 0 Å². The molecule has 0 atom stereocenters. The number of fused-ring (bicyclic) bond motifs is 9. The maximum atomic E-state index is 9.82. The normalized spacial score (nSPS) is 14.8. The summed E-state index contributed by atoms with van der Waals surface area (Å²) in [7, 11) is 0. The summed E-state index contributed by atoms with van der Waals surface area (Å²) in [5.74, 6) is 0. The highest BCUT2D eigenvalue weighted by Crippen LogP contribution is 2.54. The number of nitrogens with zero attached hydrogens (tertiary/aromatic N) is 5. The van der Waals surface area contributed by atoms with E-state index >= 15 is 0 Å². The highest BCUT2D eigenvalue weighted by atomic mass is 15.2. The van der Waals surface area contributed by atoms with Crippen LogP contribution >= 0.6 is 0 Å². The fourth-order valence-corrected chi connectivity index (χ4v) is 11.3. The van der Waals surface area contributed by atoms with E-state index in [9.17, 15) is 10.5 Å². The van der Waals surface area contributed by atoms with Gasteiger partial charge in [-0.1, -0.05) is 94.4 Å². The highest BCUT2D eigenvalue weighted by Gasteiger charge is 2.39. The third-order valence-electron chi connectivity index (χ3n) is 14.6. The van der Waals surface area contributed by atoms with E-state index in [1.54, 1.807) is 0 Å². The van der Waals surface area contributed by atoms with E-state index in [1.807, 2.05) is 24.3 Å². The minimum Gasteiger partial charge on any atom is -0.310 e. The van der Waals surface area contributed by atoms with Crippen LogP contribution in [0, 0.1) is 22.7 Å². The van der Waals surface area contributed by atoms with Gasteiger partial charge in [0.2, 0.25) is 0 Å². The lowest BCUT2D eigenvalue weighted by Crippen LogP contribution is -2.17. The minimum absolute atomic E-state index is 0.128. The molecule has 0 N–H and O–H groups in total. The van der Waals surface area contributed by atoms with Crippen LogP contribution in [0.25, 0.3) is 44.2 Å². The Balaban J connectivity index is 1.07. The predicted octanol–water partition coefficient (Wildman–Crippen LogP) is 16.2. The lowest BCUT2D eigenvalue weighted by atomic mass is 9.80. The quantitative estimate of drug-likeness (QED) is 0.160. The van der Waals surface area contributed by atoms with Crippen molar-refractivity contribution in [3.05, 3.63) is 227 Å². The van der Waals surface area contributed by atoms with Crippen molar-refractivity contribution in [2.24, 2.45) is 0 Å². The molecule has 0 aliphatic heterocycles. The number of rotatable bonds is 7. The first-order valence-corrected chi connectivity index (χ1v) is 23.2. The SMILES string of the molecule is CC1(C)C2=CCCC=C2c2ccc(N(c3ccc(C#N)cc3)c3ccc4c(c3)c3cc(N(c5ccc(C#N)cc5)c5ccc6c(c5)C(C)(C)c5ccccc5-6)ccc3n4-c3ccccc3)cc21. The monoisotopic (exact) mass is 861 g/mol. The fraction of sp³-hybridized carbons (Fsp3) is 0.129. The summed E-state index contributed by atoms with van der Waals surface area (Å²) in [6.45, 7) is 9.35. The Morgan fingerprint density at radius 1 is 0.433 bits per heavy atom. The van der Waals surface area contributed by atoms with Gasteiger partial charge in [0.1, 0.15) is 0 Å². The van der Waals surface area contributed by atoms with Crippen LogP contribution in [-0.4, -0.2) is 4.57 Å². The van der Waals surface area contributed by atoms with E-state index in [0.717, 1.165) is 74.5 Å². The fourth-order valence-electron chi connectivity index (χ4n) is 11.3. The zero-order chi connectivity index (χ0) is 45.6. The van der Waals surface area contributed by atoms with Gasteiger partial charge in [-0.15, -0.1) is 0 Å². The first-order chi connectivity index (χ1) is 32.6. The molecule has 5 heteroatoms. The maximum absolute atomic E-state index is 9.82. The second kappa shape index (κ2) is 15.1. The molecule has 0 spiro atoms. The number of aromatic nitrogens is 1. The van der Waals surface area contributed by atoms with E-state index in [0.29, 0.717) is 11.1 Å².